The molecule has 0 radical (unpaired) electrons. The van der Waals surface area contributed by atoms with E-state index in [4.69, 9.17) is 4.74 Å². The molecule has 3 heterocycles. The monoisotopic (exact) mass is 464 g/mol. The summed E-state index contributed by atoms with van der Waals surface area (Å²) in [4.78, 5) is 28.7. The molecule has 2 aromatic heterocycles. The summed E-state index contributed by atoms with van der Waals surface area (Å²) < 4.78 is 8.28. The van der Waals surface area contributed by atoms with Crippen molar-refractivity contribution in [1.82, 2.24) is 9.55 Å². The number of fused-ring (bicyclic) bond motifs is 3. The number of thiazole rings is 1. The summed E-state index contributed by atoms with van der Waals surface area (Å²) in [5.41, 5.74) is 3.07. The number of pyridine rings is 1. The fourth-order valence-electron chi connectivity index (χ4n) is 4.87. The van der Waals surface area contributed by atoms with Crippen molar-refractivity contribution in [3.05, 3.63) is 57.3 Å². The number of ether oxygens (including phenoxy) is 1. The number of rotatable bonds is 7. The van der Waals surface area contributed by atoms with Crippen LogP contribution in [0.25, 0.3) is 21.8 Å². The fraction of sp³-hybridized carbons (Fsp3) is 0.423. The normalized spacial score (nSPS) is 17.4. The van der Waals surface area contributed by atoms with Gasteiger partial charge in [-0.2, -0.15) is 0 Å². The first-order valence-electron chi connectivity index (χ1n) is 11.6. The Morgan fingerprint density at radius 2 is 2.09 bits per heavy atom. The molecule has 1 aromatic carbocycles. The summed E-state index contributed by atoms with van der Waals surface area (Å²) >= 11 is 1.56. The minimum atomic E-state index is -1.19. The van der Waals surface area contributed by atoms with E-state index in [9.17, 15) is 14.7 Å². The zero-order valence-electron chi connectivity index (χ0n) is 18.9. The second kappa shape index (κ2) is 8.78. The molecule has 0 bridgehead atoms. The van der Waals surface area contributed by atoms with Crippen LogP contribution < -0.4 is 10.2 Å². The van der Waals surface area contributed by atoms with Gasteiger partial charge in [-0.15, -0.1) is 11.3 Å². The molecule has 0 amide bonds. The third kappa shape index (κ3) is 4.10. The number of carboxylic acids is 1. The van der Waals surface area contributed by atoms with E-state index in [-0.39, 0.29) is 17.5 Å². The maximum Gasteiger partial charge on any atom is 0.341 e. The zero-order chi connectivity index (χ0) is 23.1. The minimum absolute atomic E-state index is 0.0553. The molecule has 1 atom stereocenters. The van der Waals surface area contributed by atoms with Gasteiger partial charge in [0.2, 0.25) is 0 Å². The summed E-state index contributed by atoms with van der Waals surface area (Å²) in [5, 5.41) is 12.3. The predicted octanol–water partition coefficient (Wildman–Crippen LogP) is 5.66. The van der Waals surface area contributed by atoms with Crippen LogP contribution in [0.1, 0.15) is 61.5 Å². The third-order valence-corrected chi connectivity index (χ3v) is 7.82. The zero-order valence-corrected chi connectivity index (χ0v) is 19.7. The van der Waals surface area contributed by atoms with Gasteiger partial charge >= 0.3 is 5.97 Å². The highest BCUT2D eigenvalue weighted by Crippen LogP contribution is 2.43. The number of carbonyl (C=O) groups is 1. The van der Waals surface area contributed by atoms with Gasteiger partial charge in [0.15, 0.2) is 5.43 Å². The molecule has 33 heavy (non-hydrogen) atoms. The molecule has 172 valence electrons. The Kier molecular flexibility index (Phi) is 5.83. The van der Waals surface area contributed by atoms with Crippen LogP contribution in [0, 0.1) is 11.8 Å². The Balaban J connectivity index is 1.62. The fourth-order valence-corrected chi connectivity index (χ4v) is 5.53. The van der Waals surface area contributed by atoms with E-state index in [1.54, 1.807) is 17.5 Å². The number of hydrogen-bond donors (Lipinski definition) is 1. The van der Waals surface area contributed by atoms with Crippen LogP contribution in [-0.4, -0.2) is 27.2 Å². The molecule has 1 aliphatic carbocycles. The molecule has 1 N–H and O–H groups in total. The molecule has 3 aromatic rings. The number of aromatic carboxylic acids is 1. The highest BCUT2D eigenvalue weighted by Gasteiger charge is 2.29. The van der Waals surface area contributed by atoms with Crippen molar-refractivity contribution in [3.63, 3.8) is 0 Å². The largest absolute Gasteiger partial charge is 0.493 e. The van der Waals surface area contributed by atoms with E-state index in [1.165, 1.54) is 31.5 Å². The van der Waals surface area contributed by atoms with Crippen LogP contribution in [0.15, 0.2) is 40.8 Å². The number of benzene rings is 1. The van der Waals surface area contributed by atoms with E-state index in [0.29, 0.717) is 6.61 Å². The minimum Gasteiger partial charge on any atom is -0.493 e. The lowest BCUT2D eigenvalue weighted by molar-refractivity contribution is 0.0694. The van der Waals surface area contributed by atoms with Crippen LogP contribution in [0.4, 0.5) is 0 Å². The van der Waals surface area contributed by atoms with Crippen molar-refractivity contribution < 1.29 is 14.6 Å². The van der Waals surface area contributed by atoms with Gasteiger partial charge in [0.05, 0.1) is 17.9 Å². The van der Waals surface area contributed by atoms with Crippen molar-refractivity contribution in [2.75, 3.05) is 6.61 Å². The van der Waals surface area contributed by atoms with Crippen LogP contribution in [0.2, 0.25) is 0 Å². The molecule has 1 aliphatic heterocycles. The number of nitrogens with zero attached hydrogens (tertiary/aromatic N) is 2. The summed E-state index contributed by atoms with van der Waals surface area (Å²) in [6.45, 7) is 4.93. The van der Waals surface area contributed by atoms with Crippen LogP contribution >= 0.6 is 11.3 Å². The van der Waals surface area contributed by atoms with Crippen LogP contribution in [-0.2, 0) is 6.42 Å². The lowest BCUT2D eigenvalue weighted by Crippen LogP contribution is -2.28. The average Bonchev–Trinajstić information content (AvgIpc) is 3.28. The molecule has 1 unspecified atom stereocenters. The maximum atomic E-state index is 12.6. The molecule has 2 aliphatic rings. The number of carboxylic acid groups (broad SMARTS) is 1. The molecular weight excluding hydrogens is 436 g/mol. The van der Waals surface area contributed by atoms with Crippen molar-refractivity contribution >= 4 is 17.3 Å². The Morgan fingerprint density at radius 3 is 2.73 bits per heavy atom. The maximum absolute atomic E-state index is 12.6. The van der Waals surface area contributed by atoms with Crippen LogP contribution in [0.5, 0.6) is 5.75 Å². The Morgan fingerprint density at radius 1 is 1.27 bits per heavy atom. The Labute approximate surface area is 196 Å². The van der Waals surface area contributed by atoms with Gasteiger partial charge in [-0.1, -0.05) is 33.1 Å². The van der Waals surface area contributed by atoms with E-state index in [2.05, 4.69) is 31.0 Å². The highest BCUT2D eigenvalue weighted by molar-refractivity contribution is 7.13. The molecule has 6 nitrogen and oxygen atoms in total. The van der Waals surface area contributed by atoms with Crippen LogP contribution in [0.3, 0.4) is 0 Å². The van der Waals surface area contributed by atoms with Crippen molar-refractivity contribution in [3.8, 4) is 27.6 Å². The van der Waals surface area contributed by atoms with Gasteiger partial charge < -0.3 is 14.4 Å². The molecule has 1 fully saturated rings. The number of aromatic nitrogens is 2. The van der Waals surface area contributed by atoms with Gasteiger partial charge in [0, 0.05) is 35.4 Å². The lowest BCUT2D eigenvalue weighted by atomic mass is 9.83. The Bertz CT molecular complexity index is 1240. The standard InChI is InChI=1S/C26H28N2O4S/c1-15(2)21-10-17-11-24(32-8-6-16-4-3-5-16)19(25-27-7-9-33-25)12-18(17)22-13-23(29)20(26(30)31)14-28(21)22/h7,9,11-16,21H,3-6,8,10H2,1-2H3,(H,30,31). The quantitative estimate of drug-likeness (QED) is 0.488. The second-order valence-electron chi connectivity index (χ2n) is 9.44. The molecule has 0 spiro atoms. The first kappa shape index (κ1) is 21.9. The smallest absolute Gasteiger partial charge is 0.341 e. The van der Waals surface area contributed by atoms with Gasteiger partial charge in [-0.25, -0.2) is 9.78 Å². The van der Waals surface area contributed by atoms with E-state index < -0.39 is 11.4 Å². The van der Waals surface area contributed by atoms with Gasteiger partial charge in [-0.05, 0) is 42.4 Å². The van der Waals surface area contributed by atoms with Gasteiger partial charge in [0.1, 0.15) is 16.3 Å². The highest BCUT2D eigenvalue weighted by atomic mass is 32.1. The van der Waals surface area contributed by atoms with Crippen molar-refractivity contribution in [2.45, 2.75) is 52.0 Å². The summed E-state index contributed by atoms with van der Waals surface area (Å²) in [7, 11) is 0. The molecule has 1 saturated carbocycles. The average molecular weight is 465 g/mol. The van der Waals surface area contributed by atoms with E-state index in [0.717, 1.165) is 51.9 Å². The summed E-state index contributed by atoms with van der Waals surface area (Å²) in [6.07, 6.45) is 9.04. The molecule has 7 heteroatoms. The van der Waals surface area contributed by atoms with Gasteiger partial charge in [-0.3, -0.25) is 4.79 Å². The lowest BCUT2D eigenvalue weighted by Gasteiger charge is -2.34. The van der Waals surface area contributed by atoms with E-state index >= 15 is 0 Å². The molecular formula is C26H28N2O4S. The van der Waals surface area contributed by atoms with Crippen molar-refractivity contribution in [2.24, 2.45) is 11.8 Å². The first-order valence-corrected chi connectivity index (χ1v) is 12.5. The number of hydrogen-bond acceptors (Lipinski definition) is 5. The molecule has 0 saturated heterocycles. The Hall–Kier alpha value is -2.93. The summed E-state index contributed by atoms with van der Waals surface area (Å²) in [6, 6.07) is 5.70. The second-order valence-corrected chi connectivity index (χ2v) is 10.3. The first-order chi connectivity index (χ1) is 15.9. The topological polar surface area (TPSA) is 81.4 Å². The van der Waals surface area contributed by atoms with E-state index in [1.807, 2.05) is 9.95 Å². The SMILES string of the molecule is CC(C)C1Cc2cc(OCCC3CCC3)c(-c3nccs3)cc2-c2cc(=O)c(C(=O)O)cn21. The summed E-state index contributed by atoms with van der Waals surface area (Å²) in [5.74, 6) is 0.687. The van der Waals surface area contributed by atoms with Gasteiger partial charge in [0.25, 0.3) is 0 Å². The third-order valence-electron chi connectivity index (χ3n) is 7.02. The predicted molar refractivity (Wildman–Crippen MR) is 129 cm³/mol. The van der Waals surface area contributed by atoms with Crippen molar-refractivity contribution in [1.29, 1.82) is 0 Å². The molecule has 5 rings (SSSR count).